The molecule has 0 atom stereocenters. The molecule has 0 spiro atoms. The van der Waals surface area contributed by atoms with Crippen LogP contribution in [-0.4, -0.2) is 23.3 Å². The SMILES string of the molecule is CCCCNC(=O)c1ccnc(C(=O)Nc2ccc(C(C)C)cc2)c1. The topological polar surface area (TPSA) is 71.1 Å². The van der Waals surface area contributed by atoms with E-state index in [0.29, 0.717) is 23.7 Å². The Balaban J connectivity index is 2.04. The molecule has 132 valence electrons. The fourth-order valence-electron chi connectivity index (χ4n) is 2.32. The molecule has 2 N–H and O–H groups in total. The second-order valence-electron chi connectivity index (χ2n) is 6.27. The van der Waals surface area contributed by atoms with Gasteiger partial charge in [-0.05, 0) is 42.2 Å². The number of benzene rings is 1. The van der Waals surface area contributed by atoms with Gasteiger partial charge in [0.25, 0.3) is 11.8 Å². The lowest BCUT2D eigenvalue weighted by molar-refractivity contribution is 0.0953. The van der Waals surface area contributed by atoms with E-state index in [1.54, 1.807) is 6.07 Å². The Morgan fingerprint density at radius 1 is 1.08 bits per heavy atom. The van der Waals surface area contributed by atoms with Crippen LogP contribution < -0.4 is 10.6 Å². The molecule has 2 amide bonds. The number of carbonyl (C=O) groups is 2. The van der Waals surface area contributed by atoms with Crippen LogP contribution in [0.4, 0.5) is 5.69 Å². The molecule has 0 unspecified atom stereocenters. The summed E-state index contributed by atoms with van der Waals surface area (Å²) in [4.78, 5) is 28.5. The zero-order valence-corrected chi connectivity index (χ0v) is 15.0. The first-order valence-corrected chi connectivity index (χ1v) is 8.66. The number of unbranched alkanes of at least 4 members (excludes halogenated alkanes) is 1. The molecular formula is C20H25N3O2. The molecule has 0 saturated heterocycles. The van der Waals surface area contributed by atoms with E-state index in [-0.39, 0.29) is 17.5 Å². The van der Waals surface area contributed by atoms with Gasteiger partial charge in [0.2, 0.25) is 0 Å². The zero-order valence-electron chi connectivity index (χ0n) is 15.0. The van der Waals surface area contributed by atoms with Crippen LogP contribution in [0.2, 0.25) is 0 Å². The lowest BCUT2D eigenvalue weighted by Gasteiger charge is -2.09. The van der Waals surface area contributed by atoms with Gasteiger partial charge in [-0.2, -0.15) is 0 Å². The van der Waals surface area contributed by atoms with Crippen LogP contribution in [0.25, 0.3) is 0 Å². The lowest BCUT2D eigenvalue weighted by atomic mass is 10.0. The van der Waals surface area contributed by atoms with E-state index in [1.807, 2.05) is 24.3 Å². The minimum absolute atomic E-state index is 0.189. The molecule has 5 heteroatoms. The van der Waals surface area contributed by atoms with Gasteiger partial charge in [-0.25, -0.2) is 0 Å². The minimum Gasteiger partial charge on any atom is -0.352 e. The summed E-state index contributed by atoms with van der Waals surface area (Å²) in [5, 5.41) is 5.64. The van der Waals surface area contributed by atoms with Crippen molar-refractivity contribution in [2.75, 3.05) is 11.9 Å². The molecule has 2 rings (SSSR count). The van der Waals surface area contributed by atoms with Gasteiger partial charge < -0.3 is 10.6 Å². The first-order chi connectivity index (χ1) is 12.0. The number of nitrogens with zero attached hydrogens (tertiary/aromatic N) is 1. The van der Waals surface area contributed by atoms with Crippen LogP contribution in [0, 0.1) is 0 Å². The van der Waals surface area contributed by atoms with Crippen LogP contribution >= 0.6 is 0 Å². The van der Waals surface area contributed by atoms with E-state index in [2.05, 4.69) is 36.4 Å². The quantitative estimate of drug-likeness (QED) is 0.749. The normalized spacial score (nSPS) is 10.6. The summed E-state index contributed by atoms with van der Waals surface area (Å²) in [5.74, 6) is -0.0824. The standard InChI is InChI=1S/C20H25N3O2/c1-4-5-11-22-19(24)16-10-12-21-18(13-16)20(25)23-17-8-6-15(7-9-17)14(2)3/h6-10,12-14H,4-5,11H2,1-3H3,(H,22,24)(H,23,25). The summed E-state index contributed by atoms with van der Waals surface area (Å²) in [6.07, 6.45) is 3.42. The highest BCUT2D eigenvalue weighted by Gasteiger charge is 2.12. The fraction of sp³-hybridized carbons (Fsp3) is 0.350. The number of carbonyl (C=O) groups excluding carboxylic acids is 2. The highest BCUT2D eigenvalue weighted by Crippen LogP contribution is 2.17. The lowest BCUT2D eigenvalue weighted by Crippen LogP contribution is -2.25. The average molecular weight is 339 g/mol. The Kier molecular flexibility index (Phi) is 6.69. The second kappa shape index (κ2) is 8.97. The van der Waals surface area contributed by atoms with E-state index in [1.165, 1.54) is 17.8 Å². The number of rotatable bonds is 7. The number of pyridine rings is 1. The van der Waals surface area contributed by atoms with E-state index in [9.17, 15) is 9.59 Å². The molecule has 0 bridgehead atoms. The molecule has 0 saturated carbocycles. The molecule has 0 fully saturated rings. The van der Waals surface area contributed by atoms with Gasteiger partial charge in [-0.15, -0.1) is 0 Å². The average Bonchev–Trinajstić information content (AvgIpc) is 2.62. The smallest absolute Gasteiger partial charge is 0.274 e. The number of amides is 2. The van der Waals surface area contributed by atoms with Crippen LogP contribution in [0.5, 0.6) is 0 Å². The fourth-order valence-corrected chi connectivity index (χ4v) is 2.32. The summed E-state index contributed by atoms with van der Waals surface area (Å²) >= 11 is 0. The Morgan fingerprint density at radius 2 is 1.80 bits per heavy atom. The van der Waals surface area contributed by atoms with Crippen molar-refractivity contribution in [2.45, 2.75) is 39.5 Å². The Labute approximate surface area is 148 Å². The van der Waals surface area contributed by atoms with Crippen molar-refractivity contribution < 1.29 is 9.59 Å². The number of anilines is 1. The van der Waals surface area contributed by atoms with Gasteiger partial charge in [0.05, 0.1) is 0 Å². The summed E-state index contributed by atoms with van der Waals surface area (Å²) in [5.41, 5.74) is 2.57. The third-order valence-electron chi connectivity index (χ3n) is 3.91. The van der Waals surface area contributed by atoms with Crippen molar-refractivity contribution >= 4 is 17.5 Å². The van der Waals surface area contributed by atoms with E-state index >= 15 is 0 Å². The highest BCUT2D eigenvalue weighted by atomic mass is 16.2. The van der Waals surface area contributed by atoms with Gasteiger partial charge in [0, 0.05) is 24.0 Å². The van der Waals surface area contributed by atoms with Gasteiger partial charge in [0.15, 0.2) is 0 Å². The highest BCUT2D eigenvalue weighted by molar-refractivity contribution is 6.04. The maximum absolute atomic E-state index is 12.4. The number of hydrogen-bond acceptors (Lipinski definition) is 3. The van der Waals surface area contributed by atoms with Crippen molar-refractivity contribution in [2.24, 2.45) is 0 Å². The predicted molar refractivity (Wildman–Crippen MR) is 100.0 cm³/mol. The Morgan fingerprint density at radius 3 is 2.44 bits per heavy atom. The van der Waals surface area contributed by atoms with Crippen LogP contribution in [0.15, 0.2) is 42.6 Å². The van der Waals surface area contributed by atoms with Crippen molar-refractivity contribution in [1.29, 1.82) is 0 Å². The molecule has 1 heterocycles. The van der Waals surface area contributed by atoms with E-state index < -0.39 is 0 Å². The molecule has 0 aliphatic carbocycles. The third kappa shape index (κ3) is 5.41. The Hall–Kier alpha value is -2.69. The van der Waals surface area contributed by atoms with Gasteiger partial charge >= 0.3 is 0 Å². The molecular weight excluding hydrogens is 314 g/mol. The van der Waals surface area contributed by atoms with E-state index in [0.717, 1.165) is 12.8 Å². The second-order valence-corrected chi connectivity index (χ2v) is 6.27. The third-order valence-corrected chi connectivity index (χ3v) is 3.91. The summed E-state index contributed by atoms with van der Waals surface area (Å²) in [7, 11) is 0. The molecule has 0 aliphatic rings. The number of hydrogen-bond donors (Lipinski definition) is 2. The number of nitrogens with one attached hydrogen (secondary N) is 2. The van der Waals surface area contributed by atoms with Gasteiger partial charge in [-0.1, -0.05) is 39.3 Å². The van der Waals surface area contributed by atoms with Crippen molar-refractivity contribution in [3.8, 4) is 0 Å². The molecule has 0 radical (unpaired) electrons. The Bertz CT molecular complexity index is 724. The van der Waals surface area contributed by atoms with Gasteiger partial charge in [0.1, 0.15) is 5.69 Å². The molecule has 1 aromatic heterocycles. The maximum atomic E-state index is 12.4. The van der Waals surface area contributed by atoms with E-state index in [4.69, 9.17) is 0 Å². The summed E-state index contributed by atoms with van der Waals surface area (Å²) in [6.45, 7) is 6.93. The first kappa shape index (κ1) is 18.6. The van der Waals surface area contributed by atoms with Crippen LogP contribution in [0.3, 0.4) is 0 Å². The predicted octanol–water partition coefficient (Wildman–Crippen LogP) is 3.99. The minimum atomic E-state index is -0.333. The molecule has 25 heavy (non-hydrogen) atoms. The summed E-state index contributed by atoms with van der Waals surface area (Å²) < 4.78 is 0. The van der Waals surface area contributed by atoms with Crippen molar-refractivity contribution in [3.63, 3.8) is 0 Å². The van der Waals surface area contributed by atoms with Crippen LogP contribution in [0.1, 0.15) is 65.9 Å². The van der Waals surface area contributed by atoms with Crippen molar-refractivity contribution in [1.82, 2.24) is 10.3 Å². The monoisotopic (exact) mass is 339 g/mol. The van der Waals surface area contributed by atoms with Gasteiger partial charge in [-0.3, -0.25) is 14.6 Å². The summed E-state index contributed by atoms with van der Waals surface area (Å²) in [6, 6.07) is 10.8. The van der Waals surface area contributed by atoms with Crippen molar-refractivity contribution in [3.05, 3.63) is 59.4 Å². The zero-order chi connectivity index (χ0) is 18.2. The first-order valence-electron chi connectivity index (χ1n) is 8.66. The largest absolute Gasteiger partial charge is 0.352 e. The van der Waals surface area contributed by atoms with Crippen LogP contribution in [-0.2, 0) is 0 Å². The molecule has 0 aliphatic heterocycles. The molecule has 5 nitrogen and oxygen atoms in total. The maximum Gasteiger partial charge on any atom is 0.274 e. The molecule has 2 aromatic rings. The number of aromatic nitrogens is 1. The molecule has 1 aromatic carbocycles.